The Labute approximate surface area is 223 Å². The fourth-order valence-corrected chi connectivity index (χ4v) is 5.50. The number of aromatic nitrogens is 6. The lowest BCUT2D eigenvalue weighted by atomic mass is 10.2. The van der Waals surface area contributed by atoms with Crippen molar-refractivity contribution in [2.75, 3.05) is 30.4 Å². The molecule has 3 aromatic heterocycles. The van der Waals surface area contributed by atoms with Crippen molar-refractivity contribution in [1.82, 2.24) is 28.7 Å². The smallest absolute Gasteiger partial charge is 0.284 e. The van der Waals surface area contributed by atoms with E-state index >= 15 is 0 Å². The first-order chi connectivity index (χ1) is 18.9. The van der Waals surface area contributed by atoms with Gasteiger partial charge in [-0.25, -0.2) is 9.97 Å². The molecule has 4 heterocycles. The summed E-state index contributed by atoms with van der Waals surface area (Å²) in [6.07, 6.45) is 6.26. The first-order valence-corrected chi connectivity index (χ1v) is 14.1. The van der Waals surface area contributed by atoms with E-state index in [2.05, 4.69) is 30.7 Å². The fraction of sp³-hybridized carbons (Fsp3) is 0.360. The van der Waals surface area contributed by atoms with Crippen molar-refractivity contribution in [3.63, 3.8) is 0 Å². The maximum atomic E-state index is 12.9. The minimum absolute atomic E-state index is 0.0573. The first-order valence-electron chi connectivity index (χ1n) is 12.6. The number of nitrogens with one attached hydrogen (secondary N) is 2. The van der Waals surface area contributed by atoms with Crippen molar-refractivity contribution in [2.24, 2.45) is 0 Å². The molecule has 0 bridgehead atoms. The standard InChI is InChI=1S/C25H26N8O5S/c34-13-20(33-22(35)8-3-17-11-27-25(30-24(17)33)29-19-9-10-38-14-19)12-26-18-4-6-21(7-5-18)39(36,37)32-15-28-23(31-32)16-1-2-16/h3-8,11,13,15-16,19-20,26H,1-2,9-10,12,14H2,(H,27,29,30). The topological polar surface area (TPSA) is 163 Å². The minimum atomic E-state index is -3.88. The zero-order valence-electron chi connectivity index (χ0n) is 20.8. The lowest BCUT2D eigenvalue weighted by Gasteiger charge is -2.18. The van der Waals surface area contributed by atoms with Crippen LogP contribution in [0, 0.1) is 0 Å². The van der Waals surface area contributed by atoms with Crippen LogP contribution in [-0.2, 0) is 19.6 Å². The van der Waals surface area contributed by atoms with Crippen LogP contribution in [0.4, 0.5) is 11.6 Å². The zero-order chi connectivity index (χ0) is 27.0. The van der Waals surface area contributed by atoms with Crippen LogP contribution < -0.4 is 16.2 Å². The third kappa shape index (κ3) is 5.12. The Kier molecular flexibility index (Phi) is 6.56. The molecule has 0 amide bonds. The minimum Gasteiger partial charge on any atom is -0.383 e. The third-order valence-corrected chi connectivity index (χ3v) is 8.30. The van der Waals surface area contributed by atoms with E-state index in [9.17, 15) is 18.0 Å². The summed E-state index contributed by atoms with van der Waals surface area (Å²) in [6.45, 7) is 1.28. The summed E-state index contributed by atoms with van der Waals surface area (Å²) in [5, 5.41) is 11.1. The predicted octanol–water partition coefficient (Wildman–Crippen LogP) is 1.55. The van der Waals surface area contributed by atoms with Crippen molar-refractivity contribution in [3.8, 4) is 0 Å². The molecule has 2 atom stereocenters. The van der Waals surface area contributed by atoms with Gasteiger partial charge in [0.1, 0.15) is 24.3 Å². The number of rotatable bonds is 10. The Bertz CT molecular complexity index is 1670. The maximum Gasteiger partial charge on any atom is 0.284 e. The molecule has 13 nitrogen and oxygen atoms in total. The Morgan fingerprint density at radius 2 is 1.92 bits per heavy atom. The van der Waals surface area contributed by atoms with Gasteiger partial charge in [0.15, 0.2) is 5.82 Å². The molecule has 39 heavy (non-hydrogen) atoms. The van der Waals surface area contributed by atoms with E-state index in [1.807, 2.05) is 0 Å². The van der Waals surface area contributed by atoms with Crippen LogP contribution in [0.25, 0.3) is 11.0 Å². The van der Waals surface area contributed by atoms with Gasteiger partial charge >= 0.3 is 0 Å². The van der Waals surface area contributed by atoms with E-state index in [0.717, 1.165) is 23.3 Å². The Morgan fingerprint density at radius 1 is 1.10 bits per heavy atom. The Hall–Kier alpha value is -4.17. The predicted molar refractivity (Wildman–Crippen MR) is 141 cm³/mol. The SMILES string of the molecule is O=CC(CNc1ccc(S(=O)(=O)n2cnc(C3CC3)n2)cc1)n1c(=O)ccc2cnc(NC3CCOC3)nc21. The highest BCUT2D eigenvalue weighted by Crippen LogP contribution is 2.37. The number of anilines is 2. The maximum absolute atomic E-state index is 12.9. The molecule has 1 aliphatic carbocycles. The molecule has 0 spiro atoms. The van der Waals surface area contributed by atoms with Crippen LogP contribution in [-0.4, -0.2) is 69.2 Å². The van der Waals surface area contributed by atoms with Gasteiger partial charge in [0.25, 0.3) is 15.6 Å². The molecule has 2 N–H and O–H groups in total. The molecule has 1 aromatic carbocycles. The zero-order valence-corrected chi connectivity index (χ0v) is 21.6. The number of carbonyl (C=O) groups is 1. The number of carbonyl (C=O) groups excluding carboxylic acids is 1. The molecule has 0 radical (unpaired) electrons. The summed E-state index contributed by atoms with van der Waals surface area (Å²) in [5.74, 6) is 1.13. The highest BCUT2D eigenvalue weighted by Gasteiger charge is 2.29. The second kappa shape index (κ2) is 10.2. The van der Waals surface area contributed by atoms with E-state index in [1.54, 1.807) is 24.4 Å². The second-order valence-corrected chi connectivity index (χ2v) is 11.4. The number of benzene rings is 1. The largest absolute Gasteiger partial charge is 0.383 e. The molecule has 1 saturated carbocycles. The summed E-state index contributed by atoms with van der Waals surface area (Å²) < 4.78 is 33.5. The monoisotopic (exact) mass is 550 g/mol. The summed E-state index contributed by atoms with van der Waals surface area (Å²) in [4.78, 5) is 38.0. The van der Waals surface area contributed by atoms with E-state index in [0.29, 0.717) is 48.0 Å². The summed E-state index contributed by atoms with van der Waals surface area (Å²) in [5.41, 5.74) is 0.525. The molecular formula is C25H26N8O5S. The van der Waals surface area contributed by atoms with E-state index < -0.39 is 16.1 Å². The molecule has 2 aliphatic rings. The third-order valence-electron chi connectivity index (χ3n) is 6.76. The van der Waals surface area contributed by atoms with Crippen LogP contribution in [0.3, 0.4) is 0 Å². The van der Waals surface area contributed by atoms with Crippen LogP contribution in [0.1, 0.15) is 37.0 Å². The van der Waals surface area contributed by atoms with E-state index in [1.165, 1.54) is 29.1 Å². The van der Waals surface area contributed by atoms with Gasteiger partial charge in [-0.3, -0.25) is 9.36 Å². The van der Waals surface area contributed by atoms with Crippen molar-refractivity contribution in [1.29, 1.82) is 0 Å². The van der Waals surface area contributed by atoms with E-state index in [-0.39, 0.29) is 29.0 Å². The van der Waals surface area contributed by atoms with Crippen molar-refractivity contribution in [2.45, 2.75) is 42.2 Å². The lowest BCUT2D eigenvalue weighted by molar-refractivity contribution is -0.110. The number of hydrogen-bond donors (Lipinski definition) is 2. The van der Waals surface area contributed by atoms with Gasteiger partial charge in [-0.1, -0.05) is 0 Å². The summed E-state index contributed by atoms with van der Waals surface area (Å²) in [7, 11) is -3.88. The number of ether oxygens (including phenoxy) is 1. The normalized spacial score (nSPS) is 18.2. The first kappa shape index (κ1) is 25.1. The van der Waals surface area contributed by atoms with Gasteiger partial charge in [-0.2, -0.15) is 13.4 Å². The van der Waals surface area contributed by atoms with Gasteiger partial charge in [0, 0.05) is 42.4 Å². The number of hydrogen-bond acceptors (Lipinski definition) is 11. The summed E-state index contributed by atoms with van der Waals surface area (Å²) in [6, 6.07) is 8.28. The van der Waals surface area contributed by atoms with Crippen molar-refractivity contribution in [3.05, 3.63) is 65.1 Å². The highest BCUT2D eigenvalue weighted by molar-refractivity contribution is 7.89. The van der Waals surface area contributed by atoms with Gasteiger partial charge in [-0.15, -0.1) is 9.19 Å². The van der Waals surface area contributed by atoms with Crippen LogP contribution in [0.2, 0.25) is 0 Å². The van der Waals surface area contributed by atoms with Gasteiger partial charge in [-0.05, 0) is 49.6 Å². The lowest BCUT2D eigenvalue weighted by Crippen LogP contribution is -2.31. The molecule has 6 rings (SSSR count). The fourth-order valence-electron chi connectivity index (χ4n) is 4.44. The number of pyridine rings is 1. The van der Waals surface area contributed by atoms with Crippen molar-refractivity contribution >= 4 is 39.0 Å². The van der Waals surface area contributed by atoms with Gasteiger partial charge in [0.2, 0.25) is 5.95 Å². The van der Waals surface area contributed by atoms with Gasteiger partial charge in [0.05, 0.1) is 17.5 Å². The summed E-state index contributed by atoms with van der Waals surface area (Å²) >= 11 is 0. The van der Waals surface area contributed by atoms with Crippen LogP contribution in [0.5, 0.6) is 0 Å². The van der Waals surface area contributed by atoms with Gasteiger partial charge < -0.3 is 20.2 Å². The Morgan fingerprint density at radius 3 is 2.64 bits per heavy atom. The van der Waals surface area contributed by atoms with Crippen molar-refractivity contribution < 1.29 is 17.9 Å². The molecule has 14 heteroatoms. The molecule has 1 saturated heterocycles. The number of nitrogens with zero attached hydrogens (tertiary/aromatic N) is 6. The molecule has 202 valence electrons. The van der Waals surface area contributed by atoms with Crippen LogP contribution >= 0.6 is 0 Å². The molecule has 4 aromatic rings. The van der Waals surface area contributed by atoms with Crippen LogP contribution in [0.15, 0.2) is 58.6 Å². The van der Waals surface area contributed by atoms with E-state index in [4.69, 9.17) is 4.74 Å². The molecule has 1 aliphatic heterocycles. The number of fused-ring (bicyclic) bond motifs is 1. The molecule has 2 unspecified atom stereocenters. The average Bonchev–Trinajstić information content (AvgIpc) is 3.42. The Balaban J connectivity index is 1.20. The average molecular weight is 551 g/mol. The second-order valence-electron chi connectivity index (χ2n) is 9.58. The molecular weight excluding hydrogens is 524 g/mol. The number of aldehydes is 1. The molecule has 2 fully saturated rings. The quantitative estimate of drug-likeness (QED) is 0.275. The highest BCUT2D eigenvalue weighted by atomic mass is 32.2.